The summed E-state index contributed by atoms with van der Waals surface area (Å²) in [5.74, 6) is -2.78. The van der Waals surface area contributed by atoms with E-state index in [-0.39, 0.29) is 0 Å². The van der Waals surface area contributed by atoms with Gasteiger partial charge in [-0.25, -0.2) is 0 Å². The maximum Gasteiger partial charge on any atom is 0.451 e. The second-order valence-electron chi connectivity index (χ2n) is 2.10. The van der Waals surface area contributed by atoms with E-state index in [9.17, 15) is 18.0 Å². The summed E-state index contributed by atoms with van der Waals surface area (Å²) in [6.07, 6.45) is -2.91. The SMILES string of the molecule is O=C(O)Cn1[c]nnc1C(F)(F)F. The molecule has 8 heteroatoms. The van der Waals surface area contributed by atoms with Crippen LogP contribution in [0, 0.1) is 6.33 Å². The van der Waals surface area contributed by atoms with E-state index in [0.717, 1.165) is 0 Å². The van der Waals surface area contributed by atoms with Gasteiger partial charge in [-0.15, -0.1) is 10.2 Å². The minimum Gasteiger partial charge on any atom is -0.480 e. The molecule has 1 aromatic heterocycles. The van der Waals surface area contributed by atoms with Gasteiger partial charge in [-0.05, 0) is 0 Å². The molecule has 0 spiro atoms. The van der Waals surface area contributed by atoms with E-state index in [1.165, 1.54) is 0 Å². The van der Waals surface area contributed by atoms with E-state index in [1.54, 1.807) is 6.33 Å². The lowest BCUT2D eigenvalue weighted by Gasteiger charge is -2.05. The van der Waals surface area contributed by atoms with Crippen LogP contribution in [0.25, 0.3) is 0 Å². The van der Waals surface area contributed by atoms with Crippen LogP contribution in [-0.2, 0) is 17.5 Å². The summed E-state index contributed by atoms with van der Waals surface area (Å²) in [4.78, 5) is 10.1. The number of halogens is 3. The summed E-state index contributed by atoms with van der Waals surface area (Å²) in [6.45, 7) is -0.859. The van der Waals surface area contributed by atoms with Crippen LogP contribution in [0.2, 0.25) is 0 Å². The molecule has 0 aliphatic carbocycles. The third-order valence-electron chi connectivity index (χ3n) is 1.11. The van der Waals surface area contributed by atoms with E-state index >= 15 is 0 Å². The van der Waals surface area contributed by atoms with Crippen molar-refractivity contribution in [2.75, 3.05) is 0 Å². The molecule has 0 amide bonds. The molecule has 5 nitrogen and oxygen atoms in total. The highest BCUT2D eigenvalue weighted by atomic mass is 19.4. The molecule has 0 saturated carbocycles. The number of rotatable bonds is 2. The monoisotopic (exact) mass is 194 g/mol. The average molecular weight is 194 g/mol. The maximum absolute atomic E-state index is 12.0. The molecule has 1 rings (SSSR count). The highest BCUT2D eigenvalue weighted by Gasteiger charge is 2.37. The molecule has 0 fully saturated rings. The number of alkyl halides is 3. The molecule has 1 aromatic rings. The molecule has 0 bridgehead atoms. The minimum absolute atomic E-state index is 0.294. The highest BCUT2D eigenvalue weighted by molar-refractivity contribution is 5.66. The van der Waals surface area contributed by atoms with Crippen LogP contribution in [0.5, 0.6) is 0 Å². The standard InChI is InChI=1S/C5H3F3N3O2/c6-5(7,8)4-10-9-2-11(4)1-3(12)13/h1H2,(H,12,13). The molecule has 1 heterocycles. The molecule has 0 atom stereocenters. The van der Waals surface area contributed by atoms with Gasteiger partial charge in [-0.2, -0.15) is 13.2 Å². The van der Waals surface area contributed by atoms with Gasteiger partial charge in [0, 0.05) is 0 Å². The van der Waals surface area contributed by atoms with Crippen molar-refractivity contribution in [3.8, 4) is 0 Å². The van der Waals surface area contributed by atoms with Crippen molar-refractivity contribution in [2.24, 2.45) is 0 Å². The second kappa shape index (κ2) is 3.04. The fraction of sp³-hybridized carbons (Fsp3) is 0.400. The lowest BCUT2D eigenvalue weighted by molar-refractivity contribution is -0.149. The van der Waals surface area contributed by atoms with Crippen LogP contribution in [0.3, 0.4) is 0 Å². The largest absolute Gasteiger partial charge is 0.480 e. The van der Waals surface area contributed by atoms with Crippen molar-refractivity contribution in [1.82, 2.24) is 14.8 Å². The summed E-state index contributed by atoms with van der Waals surface area (Å²) in [7, 11) is 0. The fourth-order valence-corrected chi connectivity index (χ4v) is 0.680. The van der Waals surface area contributed by atoms with Gasteiger partial charge in [0.15, 0.2) is 0 Å². The number of hydrogen-bond acceptors (Lipinski definition) is 3. The van der Waals surface area contributed by atoms with Gasteiger partial charge in [0.25, 0.3) is 0 Å². The Morgan fingerprint density at radius 1 is 1.62 bits per heavy atom. The molecular formula is C5H3F3N3O2. The van der Waals surface area contributed by atoms with Crippen molar-refractivity contribution in [3.63, 3.8) is 0 Å². The van der Waals surface area contributed by atoms with E-state index < -0.39 is 24.5 Å². The van der Waals surface area contributed by atoms with Crippen molar-refractivity contribution < 1.29 is 23.1 Å². The van der Waals surface area contributed by atoms with Gasteiger partial charge < -0.3 is 5.11 Å². The van der Waals surface area contributed by atoms with Gasteiger partial charge in [0.2, 0.25) is 12.2 Å². The summed E-state index contributed by atoms with van der Waals surface area (Å²) >= 11 is 0. The Hall–Kier alpha value is -1.60. The van der Waals surface area contributed by atoms with Crippen molar-refractivity contribution in [1.29, 1.82) is 0 Å². The predicted octanol–water partition coefficient (Wildman–Crippen LogP) is 0.182. The first-order chi connectivity index (χ1) is 5.91. The minimum atomic E-state index is -4.71. The molecule has 0 aliphatic rings. The molecule has 0 aromatic carbocycles. The molecule has 0 aliphatic heterocycles. The Bertz CT molecular complexity index is 319. The van der Waals surface area contributed by atoms with Crippen LogP contribution >= 0.6 is 0 Å². The summed E-state index contributed by atoms with van der Waals surface area (Å²) in [5.41, 5.74) is 0. The van der Waals surface area contributed by atoms with Crippen LogP contribution < -0.4 is 0 Å². The van der Waals surface area contributed by atoms with Crippen molar-refractivity contribution >= 4 is 5.97 Å². The molecule has 0 unspecified atom stereocenters. The van der Waals surface area contributed by atoms with E-state index in [1.807, 2.05) is 0 Å². The van der Waals surface area contributed by atoms with Crippen LogP contribution in [-0.4, -0.2) is 25.8 Å². The lowest BCUT2D eigenvalue weighted by atomic mass is 10.5. The Kier molecular flexibility index (Phi) is 2.22. The van der Waals surface area contributed by atoms with Crippen molar-refractivity contribution in [2.45, 2.75) is 12.7 Å². The smallest absolute Gasteiger partial charge is 0.451 e. The first-order valence-corrected chi connectivity index (χ1v) is 3.01. The average Bonchev–Trinajstić information content (AvgIpc) is 2.31. The first-order valence-electron chi connectivity index (χ1n) is 3.01. The van der Waals surface area contributed by atoms with Gasteiger partial charge in [-0.1, -0.05) is 0 Å². The number of carboxylic acid groups (broad SMARTS) is 1. The van der Waals surface area contributed by atoms with E-state index in [2.05, 4.69) is 10.2 Å². The quantitative estimate of drug-likeness (QED) is 0.729. The number of nitrogens with zero attached hydrogens (tertiary/aromatic N) is 3. The number of carboxylic acids is 1. The lowest BCUT2D eigenvalue weighted by Crippen LogP contribution is -2.18. The van der Waals surface area contributed by atoms with Crippen molar-refractivity contribution in [3.05, 3.63) is 12.2 Å². The molecule has 71 valence electrons. The Balaban J connectivity index is 2.96. The highest BCUT2D eigenvalue weighted by Crippen LogP contribution is 2.26. The third kappa shape index (κ3) is 2.17. The Labute approximate surface area is 69.8 Å². The van der Waals surface area contributed by atoms with Gasteiger partial charge in [0.05, 0.1) is 0 Å². The Morgan fingerprint density at radius 2 is 2.23 bits per heavy atom. The van der Waals surface area contributed by atoms with Gasteiger partial charge >= 0.3 is 12.1 Å². The predicted molar refractivity (Wildman–Crippen MR) is 31.5 cm³/mol. The summed E-state index contributed by atoms with van der Waals surface area (Å²) < 4.78 is 36.3. The second-order valence-corrected chi connectivity index (χ2v) is 2.10. The summed E-state index contributed by atoms with van der Waals surface area (Å²) in [6, 6.07) is 0. The zero-order chi connectivity index (χ0) is 10.1. The molecular weight excluding hydrogens is 191 g/mol. The van der Waals surface area contributed by atoms with Gasteiger partial charge in [-0.3, -0.25) is 9.36 Å². The topological polar surface area (TPSA) is 68.0 Å². The van der Waals surface area contributed by atoms with Crippen LogP contribution in [0.15, 0.2) is 0 Å². The van der Waals surface area contributed by atoms with Crippen LogP contribution in [0.4, 0.5) is 13.2 Å². The zero-order valence-electron chi connectivity index (χ0n) is 6.04. The number of carbonyl (C=O) groups is 1. The van der Waals surface area contributed by atoms with Gasteiger partial charge in [0.1, 0.15) is 6.54 Å². The Morgan fingerprint density at radius 3 is 2.69 bits per heavy atom. The third-order valence-corrected chi connectivity index (χ3v) is 1.11. The molecule has 1 N–H and O–H groups in total. The number of aliphatic carboxylic acids is 1. The first kappa shape index (κ1) is 9.49. The van der Waals surface area contributed by atoms with Crippen LogP contribution in [0.1, 0.15) is 5.82 Å². The normalized spacial score (nSPS) is 11.6. The molecule has 13 heavy (non-hydrogen) atoms. The summed E-state index contributed by atoms with van der Waals surface area (Å²) in [5, 5.41) is 13.8. The van der Waals surface area contributed by atoms with E-state index in [4.69, 9.17) is 5.11 Å². The number of aromatic nitrogens is 3. The number of hydrogen-bond donors (Lipinski definition) is 1. The maximum atomic E-state index is 12.0. The molecule has 1 radical (unpaired) electrons. The van der Waals surface area contributed by atoms with E-state index in [0.29, 0.717) is 4.57 Å². The molecule has 0 saturated heterocycles. The fourth-order valence-electron chi connectivity index (χ4n) is 0.680. The zero-order valence-corrected chi connectivity index (χ0v) is 6.04.